The second-order valence-electron chi connectivity index (χ2n) is 4.63. The molecule has 2 unspecified atom stereocenters. The van der Waals surface area contributed by atoms with Crippen molar-refractivity contribution in [2.45, 2.75) is 39.0 Å². The molecule has 0 bridgehead atoms. The molecule has 0 aliphatic rings. The lowest BCUT2D eigenvalue weighted by atomic mass is 10.0. The molecule has 18 heavy (non-hydrogen) atoms. The van der Waals surface area contributed by atoms with Gasteiger partial charge in [0.05, 0.1) is 18.8 Å². The van der Waals surface area contributed by atoms with Crippen LogP contribution in [0.1, 0.15) is 25.8 Å². The minimum atomic E-state index is -0.592. The quantitative estimate of drug-likeness (QED) is 0.753. The van der Waals surface area contributed by atoms with Crippen molar-refractivity contribution in [3.05, 3.63) is 48.0 Å². The molecule has 0 aromatic heterocycles. The Kier molecular flexibility index (Phi) is 5.75. The predicted molar refractivity (Wildman–Crippen MR) is 73.1 cm³/mol. The van der Waals surface area contributed by atoms with Crippen LogP contribution in [0.3, 0.4) is 0 Å². The van der Waals surface area contributed by atoms with E-state index in [4.69, 9.17) is 10.5 Å². The van der Waals surface area contributed by atoms with Crippen LogP contribution in [-0.4, -0.2) is 17.9 Å². The number of ketones is 1. The summed E-state index contributed by atoms with van der Waals surface area (Å²) in [5, 5.41) is 0. The zero-order valence-corrected chi connectivity index (χ0v) is 11.1. The first-order chi connectivity index (χ1) is 8.50. The van der Waals surface area contributed by atoms with Crippen molar-refractivity contribution in [3.63, 3.8) is 0 Å². The van der Waals surface area contributed by atoms with E-state index in [0.29, 0.717) is 13.0 Å². The Labute approximate surface area is 109 Å². The molecule has 2 N–H and O–H groups in total. The molecule has 3 nitrogen and oxygen atoms in total. The van der Waals surface area contributed by atoms with Gasteiger partial charge in [0, 0.05) is 6.42 Å². The molecule has 2 atom stereocenters. The smallest absolute Gasteiger partial charge is 0.156 e. The topological polar surface area (TPSA) is 52.3 Å². The van der Waals surface area contributed by atoms with Crippen molar-refractivity contribution in [1.82, 2.24) is 0 Å². The minimum Gasteiger partial charge on any atom is -0.372 e. The zero-order valence-electron chi connectivity index (χ0n) is 11.1. The van der Waals surface area contributed by atoms with Gasteiger partial charge in [-0.3, -0.25) is 4.79 Å². The lowest BCUT2D eigenvalue weighted by molar-refractivity contribution is -0.123. The standard InChI is InChI=1S/C15H21NO2/c1-11(2)9-14(17)15(16)12(3)18-10-13-7-5-4-6-8-13/h4-8,12,15H,1,9-10,16H2,2-3H3. The van der Waals surface area contributed by atoms with E-state index in [1.54, 1.807) is 0 Å². The van der Waals surface area contributed by atoms with Crippen LogP contribution in [0.5, 0.6) is 0 Å². The summed E-state index contributed by atoms with van der Waals surface area (Å²) in [6.45, 7) is 7.82. The van der Waals surface area contributed by atoms with Crippen LogP contribution < -0.4 is 5.73 Å². The number of nitrogens with two attached hydrogens (primary N) is 1. The molecule has 0 saturated carbocycles. The van der Waals surface area contributed by atoms with Crippen LogP contribution in [0.2, 0.25) is 0 Å². The second kappa shape index (κ2) is 7.09. The van der Waals surface area contributed by atoms with E-state index in [-0.39, 0.29) is 11.9 Å². The fraction of sp³-hybridized carbons (Fsp3) is 0.400. The third-order valence-electron chi connectivity index (χ3n) is 2.71. The molecule has 0 spiro atoms. The Morgan fingerprint density at radius 2 is 2.00 bits per heavy atom. The first kappa shape index (κ1) is 14.6. The van der Waals surface area contributed by atoms with Crippen LogP contribution in [0.25, 0.3) is 0 Å². The highest BCUT2D eigenvalue weighted by Crippen LogP contribution is 2.08. The van der Waals surface area contributed by atoms with E-state index in [1.165, 1.54) is 0 Å². The van der Waals surface area contributed by atoms with Crippen molar-refractivity contribution in [1.29, 1.82) is 0 Å². The van der Waals surface area contributed by atoms with Gasteiger partial charge in [0.1, 0.15) is 0 Å². The van der Waals surface area contributed by atoms with E-state index in [0.717, 1.165) is 11.1 Å². The monoisotopic (exact) mass is 247 g/mol. The van der Waals surface area contributed by atoms with Crippen molar-refractivity contribution in [3.8, 4) is 0 Å². The molecule has 98 valence electrons. The highest BCUT2D eigenvalue weighted by molar-refractivity contribution is 5.86. The second-order valence-corrected chi connectivity index (χ2v) is 4.63. The van der Waals surface area contributed by atoms with Crippen molar-refractivity contribution >= 4 is 5.78 Å². The molecule has 1 aromatic carbocycles. The van der Waals surface area contributed by atoms with Crippen LogP contribution in [-0.2, 0) is 16.1 Å². The number of allylic oxidation sites excluding steroid dienone is 1. The van der Waals surface area contributed by atoms with E-state index in [9.17, 15) is 4.79 Å². The molecule has 1 rings (SSSR count). The maximum atomic E-state index is 11.7. The van der Waals surface area contributed by atoms with Gasteiger partial charge in [0.2, 0.25) is 0 Å². The number of carbonyl (C=O) groups is 1. The fourth-order valence-electron chi connectivity index (χ4n) is 1.58. The summed E-state index contributed by atoms with van der Waals surface area (Å²) in [6.07, 6.45) is 0.0253. The van der Waals surface area contributed by atoms with Gasteiger partial charge in [0.25, 0.3) is 0 Å². The van der Waals surface area contributed by atoms with E-state index < -0.39 is 6.04 Å². The number of Topliss-reactive ketones (excluding diaryl/α,β-unsaturated/α-hetero) is 1. The first-order valence-corrected chi connectivity index (χ1v) is 6.09. The average molecular weight is 247 g/mol. The maximum absolute atomic E-state index is 11.7. The van der Waals surface area contributed by atoms with E-state index in [1.807, 2.05) is 44.2 Å². The minimum absolute atomic E-state index is 0.0249. The van der Waals surface area contributed by atoms with Crippen molar-refractivity contribution in [2.24, 2.45) is 5.73 Å². The van der Waals surface area contributed by atoms with Gasteiger partial charge in [-0.05, 0) is 19.4 Å². The van der Waals surface area contributed by atoms with E-state index in [2.05, 4.69) is 6.58 Å². The van der Waals surface area contributed by atoms with Crippen LogP contribution >= 0.6 is 0 Å². The van der Waals surface area contributed by atoms with Gasteiger partial charge in [-0.1, -0.05) is 42.5 Å². The largest absolute Gasteiger partial charge is 0.372 e. The molecule has 0 aliphatic carbocycles. The predicted octanol–water partition coefficient (Wildman–Crippen LogP) is 2.45. The number of hydrogen-bond acceptors (Lipinski definition) is 3. The molecule has 0 aliphatic heterocycles. The first-order valence-electron chi connectivity index (χ1n) is 6.09. The Hall–Kier alpha value is -1.45. The third-order valence-corrected chi connectivity index (χ3v) is 2.71. The molecular formula is C15H21NO2. The van der Waals surface area contributed by atoms with Crippen LogP contribution in [0.15, 0.2) is 42.5 Å². The lowest BCUT2D eigenvalue weighted by Gasteiger charge is -2.19. The highest BCUT2D eigenvalue weighted by atomic mass is 16.5. The SMILES string of the molecule is C=C(C)CC(=O)C(N)C(C)OCc1ccccc1. The summed E-state index contributed by atoms with van der Waals surface area (Å²) >= 11 is 0. The van der Waals surface area contributed by atoms with Crippen molar-refractivity contribution < 1.29 is 9.53 Å². The van der Waals surface area contributed by atoms with Crippen molar-refractivity contribution in [2.75, 3.05) is 0 Å². The lowest BCUT2D eigenvalue weighted by Crippen LogP contribution is -2.41. The molecule has 0 fully saturated rings. The average Bonchev–Trinajstić information content (AvgIpc) is 2.35. The fourth-order valence-corrected chi connectivity index (χ4v) is 1.58. The van der Waals surface area contributed by atoms with Crippen LogP contribution in [0, 0.1) is 0 Å². The Morgan fingerprint density at radius 3 is 2.56 bits per heavy atom. The summed E-state index contributed by atoms with van der Waals surface area (Å²) in [5.41, 5.74) is 7.76. The number of rotatable bonds is 7. The number of hydrogen-bond donors (Lipinski definition) is 1. The van der Waals surface area contributed by atoms with Crippen LogP contribution in [0.4, 0.5) is 0 Å². The summed E-state index contributed by atoms with van der Waals surface area (Å²) in [6, 6.07) is 9.23. The van der Waals surface area contributed by atoms with Gasteiger partial charge < -0.3 is 10.5 Å². The summed E-state index contributed by atoms with van der Waals surface area (Å²) in [5.74, 6) is -0.0249. The maximum Gasteiger partial charge on any atom is 0.156 e. The zero-order chi connectivity index (χ0) is 13.5. The van der Waals surface area contributed by atoms with Gasteiger partial charge in [-0.15, -0.1) is 0 Å². The molecule has 1 aromatic rings. The summed E-state index contributed by atoms with van der Waals surface area (Å²) < 4.78 is 5.62. The molecule has 0 amide bonds. The van der Waals surface area contributed by atoms with Gasteiger partial charge in [-0.25, -0.2) is 0 Å². The number of benzene rings is 1. The molecular weight excluding hydrogens is 226 g/mol. The van der Waals surface area contributed by atoms with Gasteiger partial charge in [0.15, 0.2) is 5.78 Å². The number of ether oxygens (including phenoxy) is 1. The Balaban J connectivity index is 2.42. The van der Waals surface area contributed by atoms with Gasteiger partial charge >= 0.3 is 0 Å². The number of carbonyl (C=O) groups excluding carboxylic acids is 1. The summed E-state index contributed by atoms with van der Waals surface area (Å²) in [4.78, 5) is 11.7. The Bertz CT molecular complexity index is 400. The van der Waals surface area contributed by atoms with E-state index >= 15 is 0 Å². The van der Waals surface area contributed by atoms with Gasteiger partial charge in [-0.2, -0.15) is 0 Å². The molecule has 0 radical (unpaired) electrons. The normalized spacial score (nSPS) is 13.9. The highest BCUT2D eigenvalue weighted by Gasteiger charge is 2.21. The molecule has 0 saturated heterocycles. The molecule has 0 heterocycles. The molecule has 3 heteroatoms. The Morgan fingerprint density at radius 1 is 1.39 bits per heavy atom. The summed E-state index contributed by atoms with van der Waals surface area (Å²) in [7, 11) is 0. The third kappa shape index (κ3) is 4.82.